The fourth-order valence-electron chi connectivity index (χ4n) is 11.4. The van der Waals surface area contributed by atoms with E-state index in [1.165, 1.54) is 124 Å². The van der Waals surface area contributed by atoms with Crippen molar-refractivity contribution >= 4 is 75.4 Å². The van der Waals surface area contributed by atoms with Crippen LogP contribution in [-0.2, 0) is 0 Å². The van der Waals surface area contributed by atoms with Crippen LogP contribution < -0.4 is 28.4 Å². The molecule has 8 aromatic carbocycles. The zero-order valence-corrected chi connectivity index (χ0v) is 46.1. The maximum absolute atomic E-state index is 7.40. The van der Waals surface area contributed by atoms with E-state index in [0.717, 1.165) is 114 Å². The van der Waals surface area contributed by atoms with Crippen LogP contribution in [0.2, 0.25) is 0 Å². The summed E-state index contributed by atoms with van der Waals surface area (Å²) in [6.45, 7) is 22.6. The third-order valence-electron chi connectivity index (χ3n) is 14.5. The van der Waals surface area contributed by atoms with E-state index in [1.807, 2.05) is 0 Å². The molecule has 0 atom stereocenters. The third kappa shape index (κ3) is 12.3. The van der Waals surface area contributed by atoms with E-state index in [9.17, 15) is 0 Å². The molecule has 8 aromatic rings. The van der Waals surface area contributed by atoms with Crippen molar-refractivity contribution in [2.45, 2.75) is 222 Å². The van der Waals surface area contributed by atoms with Gasteiger partial charge in [-0.1, -0.05) is 129 Å². The highest BCUT2D eigenvalue weighted by molar-refractivity contribution is 6.49. The van der Waals surface area contributed by atoms with Crippen molar-refractivity contribution in [3.05, 3.63) is 60.7 Å². The summed E-state index contributed by atoms with van der Waals surface area (Å²) < 4.78 is 41.1. The molecule has 388 valence electrons. The summed E-state index contributed by atoms with van der Waals surface area (Å²) in [5.41, 5.74) is 0. The summed E-state index contributed by atoms with van der Waals surface area (Å²) in [5.74, 6) is 5.08. The number of benzene rings is 8. The Balaban J connectivity index is 1.37. The second kappa shape index (κ2) is 25.2. The highest BCUT2D eigenvalue weighted by Crippen LogP contribution is 2.58. The molecule has 0 saturated carbocycles. The first kappa shape index (κ1) is 53.2. The lowest BCUT2D eigenvalue weighted by molar-refractivity contribution is 0.242. The number of ether oxygens (including phenoxy) is 6. The average molecular weight is 977 g/mol. The van der Waals surface area contributed by atoms with E-state index in [2.05, 4.69) is 130 Å². The zero-order chi connectivity index (χ0) is 50.7. The summed E-state index contributed by atoms with van der Waals surface area (Å²) in [6.07, 6.45) is 25.4. The first-order valence-electron chi connectivity index (χ1n) is 28.8. The van der Waals surface area contributed by atoms with Crippen molar-refractivity contribution in [1.29, 1.82) is 0 Å². The molecule has 0 heterocycles. The summed E-state index contributed by atoms with van der Waals surface area (Å²) >= 11 is 0. The minimum atomic E-state index is -0.0104. The fourth-order valence-corrected chi connectivity index (χ4v) is 11.4. The molecule has 0 aromatic heterocycles. The lowest BCUT2D eigenvalue weighted by Gasteiger charge is -2.27. The normalized spacial score (nSPS) is 12.4. The van der Waals surface area contributed by atoms with Gasteiger partial charge in [-0.15, -0.1) is 0 Å². The van der Waals surface area contributed by atoms with Crippen molar-refractivity contribution in [1.82, 2.24) is 0 Å². The first-order chi connectivity index (χ1) is 35.0. The van der Waals surface area contributed by atoms with Crippen LogP contribution in [0.15, 0.2) is 60.7 Å². The standard InChI is InChI=1S/C66H88O6/c1-11-13-15-17-19-21-23-25-27-29-35-67-65-61-51-33-31-47(69-43(3)4)37-53(51)55-39-49(71-45(7)8)41-57-58-42-50(72-46(9)10)40-56-54-38-48(70-44(5)6)32-34-52(54)62(64(60(56)58)63(61)59(55)57)66(65)68-36-30-28-26-24-22-20-18-16-14-12-2/h31-34,37-46H,11-30,35-36H2,1-10H3. The van der Waals surface area contributed by atoms with Crippen LogP contribution in [0.4, 0.5) is 0 Å². The predicted octanol–water partition coefficient (Wildman–Crippen LogP) is 20.4. The summed E-state index contributed by atoms with van der Waals surface area (Å²) in [7, 11) is 0. The monoisotopic (exact) mass is 977 g/mol. The Bertz CT molecular complexity index is 2780. The van der Waals surface area contributed by atoms with Gasteiger partial charge in [-0.2, -0.15) is 0 Å². The minimum Gasteiger partial charge on any atom is -0.491 e. The van der Waals surface area contributed by atoms with Crippen molar-refractivity contribution in [3.63, 3.8) is 0 Å². The quantitative estimate of drug-likeness (QED) is 0.0238. The maximum Gasteiger partial charge on any atom is 0.170 e. The van der Waals surface area contributed by atoms with Crippen LogP contribution >= 0.6 is 0 Å². The van der Waals surface area contributed by atoms with Crippen molar-refractivity contribution in [3.8, 4) is 34.5 Å². The molecule has 0 radical (unpaired) electrons. The highest BCUT2D eigenvalue weighted by atomic mass is 16.5. The molecule has 0 spiro atoms. The molecule has 0 fully saturated rings. The minimum absolute atomic E-state index is 0.0104. The molecular formula is C66H88O6. The molecule has 0 unspecified atom stereocenters. The first-order valence-corrected chi connectivity index (χ1v) is 28.8. The Morgan fingerprint density at radius 1 is 0.278 bits per heavy atom. The van der Waals surface area contributed by atoms with Gasteiger partial charge in [0, 0.05) is 21.5 Å². The van der Waals surface area contributed by atoms with Gasteiger partial charge >= 0.3 is 0 Å². The molecule has 72 heavy (non-hydrogen) atoms. The van der Waals surface area contributed by atoms with Crippen molar-refractivity contribution in [2.24, 2.45) is 0 Å². The van der Waals surface area contributed by atoms with Gasteiger partial charge in [-0.3, -0.25) is 0 Å². The molecule has 0 saturated heterocycles. The topological polar surface area (TPSA) is 55.4 Å². The van der Waals surface area contributed by atoms with Crippen LogP contribution in [0.1, 0.15) is 198 Å². The van der Waals surface area contributed by atoms with Gasteiger partial charge in [0.2, 0.25) is 0 Å². The largest absolute Gasteiger partial charge is 0.491 e. The zero-order valence-electron chi connectivity index (χ0n) is 46.1. The van der Waals surface area contributed by atoms with E-state index in [4.69, 9.17) is 28.4 Å². The fraction of sp³-hybridized carbons (Fsp3) is 0.545. The van der Waals surface area contributed by atoms with Gasteiger partial charge < -0.3 is 28.4 Å². The third-order valence-corrected chi connectivity index (χ3v) is 14.5. The van der Waals surface area contributed by atoms with Gasteiger partial charge in [0.05, 0.1) is 37.6 Å². The van der Waals surface area contributed by atoms with Gasteiger partial charge in [-0.05, 0) is 183 Å². The van der Waals surface area contributed by atoms with E-state index < -0.39 is 0 Å². The molecule has 0 amide bonds. The van der Waals surface area contributed by atoms with E-state index in [0.29, 0.717) is 13.2 Å². The van der Waals surface area contributed by atoms with Crippen LogP contribution in [0.25, 0.3) is 75.4 Å². The van der Waals surface area contributed by atoms with Crippen LogP contribution in [-0.4, -0.2) is 37.6 Å². The molecule has 0 aliphatic carbocycles. The van der Waals surface area contributed by atoms with Gasteiger partial charge in [0.25, 0.3) is 0 Å². The number of hydrogen-bond acceptors (Lipinski definition) is 6. The van der Waals surface area contributed by atoms with Crippen molar-refractivity contribution in [2.75, 3.05) is 13.2 Å². The second-order valence-electron chi connectivity index (χ2n) is 22.1. The predicted molar refractivity (Wildman–Crippen MR) is 309 cm³/mol. The van der Waals surface area contributed by atoms with Crippen LogP contribution in [0.3, 0.4) is 0 Å². The molecule has 0 aliphatic rings. The summed E-state index contributed by atoms with van der Waals surface area (Å²) in [5, 5.41) is 16.0. The highest BCUT2D eigenvalue weighted by Gasteiger charge is 2.30. The van der Waals surface area contributed by atoms with E-state index >= 15 is 0 Å². The Kier molecular flexibility index (Phi) is 18.6. The lowest BCUT2D eigenvalue weighted by Crippen LogP contribution is -2.08. The number of fused-ring (bicyclic) bond motifs is 7. The van der Waals surface area contributed by atoms with Crippen LogP contribution in [0, 0.1) is 0 Å². The smallest absolute Gasteiger partial charge is 0.170 e. The molecule has 8 rings (SSSR count). The van der Waals surface area contributed by atoms with Crippen LogP contribution in [0.5, 0.6) is 34.5 Å². The average Bonchev–Trinajstić information content (AvgIpc) is 3.33. The Morgan fingerprint density at radius 2 is 0.556 bits per heavy atom. The Labute approximate surface area is 432 Å². The molecule has 0 bridgehead atoms. The summed E-state index contributed by atoms with van der Waals surface area (Å²) in [6, 6.07) is 22.4. The molecule has 6 nitrogen and oxygen atoms in total. The molecular weight excluding hydrogens is 889 g/mol. The Morgan fingerprint density at radius 3 is 0.875 bits per heavy atom. The molecule has 0 N–H and O–H groups in total. The SMILES string of the molecule is CCCCCCCCCCCCOc1c(OCCCCCCCCCCCC)c2c3ccc(OC(C)C)cc3c3cc(OC(C)C)cc4c5cc(OC(C)C)cc6c7cc(OC(C)C)ccc7c1c(c65)c2c34. The Hall–Kier alpha value is -5.10. The number of rotatable bonds is 32. The second-order valence-corrected chi connectivity index (χ2v) is 22.1. The maximum atomic E-state index is 7.40. The number of hydrogen-bond donors (Lipinski definition) is 0. The van der Waals surface area contributed by atoms with Gasteiger partial charge in [0.15, 0.2) is 11.5 Å². The van der Waals surface area contributed by atoms with E-state index in [-0.39, 0.29) is 24.4 Å². The van der Waals surface area contributed by atoms with Crippen molar-refractivity contribution < 1.29 is 28.4 Å². The number of unbranched alkanes of at least 4 members (excludes halogenated alkanes) is 18. The summed E-state index contributed by atoms with van der Waals surface area (Å²) in [4.78, 5) is 0. The van der Waals surface area contributed by atoms with Gasteiger partial charge in [-0.25, -0.2) is 0 Å². The van der Waals surface area contributed by atoms with E-state index in [1.54, 1.807) is 0 Å². The lowest BCUT2D eigenvalue weighted by atomic mass is 9.80. The molecule has 6 heteroatoms. The molecule has 0 aliphatic heterocycles. The van der Waals surface area contributed by atoms with Gasteiger partial charge in [0.1, 0.15) is 23.0 Å².